The van der Waals surface area contributed by atoms with Crippen LogP contribution in [0.5, 0.6) is 0 Å². The smallest absolute Gasteiger partial charge is 0.150 e. The third-order valence-corrected chi connectivity index (χ3v) is 3.00. The number of anilines is 1. The molecule has 19 heavy (non-hydrogen) atoms. The zero-order chi connectivity index (χ0) is 14.4. The van der Waals surface area contributed by atoms with Crippen molar-refractivity contribution in [2.75, 3.05) is 24.6 Å². The maximum absolute atomic E-state index is 14.0. The molecule has 3 nitrogen and oxygen atoms in total. The van der Waals surface area contributed by atoms with Crippen molar-refractivity contribution in [1.82, 2.24) is 0 Å². The number of thiocarbonyl (C=S) groups is 1. The molecule has 0 amide bonds. The molecule has 3 N–H and O–H groups in total. The molecule has 0 aliphatic carbocycles. The second-order valence-corrected chi connectivity index (χ2v) is 4.66. The number of halogens is 2. The van der Waals surface area contributed by atoms with Crippen molar-refractivity contribution in [1.29, 1.82) is 0 Å². The first-order valence-electron chi connectivity index (χ1n) is 6.15. The van der Waals surface area contributed by atoms with Crippen LogP contribution in [0.1, 0.15) is 25.3 Å². The van der Waals surface area contributed by atoms with Gasteiger partial charge in [-0.25, -0.2) is 8.78 Å². The van der Waals surface area contributed by atoms with Crippen LogP contribution in [-0.2, 0) is 0 Å². The Morgan fingerprint density at radius 2 is 1.89 bits per heavy atom. The molecular formula is C13H18F2N2OS. The highest BCUT2D eigenvalue weighted by atomic mass is 32.1. The Morgan fingerprint density at radius 3 is 2.32 bits per heavy atom. The second-order valence-electron chi connectivity index (χ2n) is 4.22. The minimum absolute atomic E-state index is 0.0494. The van der Waals surface area contributed by atoms with Crippen LogP contribution in [-0.4, -0.2) is 29.8 Å². The van der Waals surface area contributed by atoms with E-state index >= 15 is 0 Å². The summed E-state index contributed by atoms with van der Waals surface area (Å²) in [5, 5.41) is 8.99. The molecule has 0 fully saturated rings. The largest absolute Gasteiger partial charge is 0.395 e. The van der Waals surface area contributed by atoms with Gasteiger partial charge in [0.15, 0.2) is 0 Å². The van der Waals surface area contributed by atoms with Crippen molar-refractivity contribution in [2.45, 2.75) is 19.8 Å². The minimum atomic E-state index is -0.715. The number of hydrogen-bond acceptors (Lipinski definition) is 3. The van der Waals surface area contributed by atoms with Crippen molar-refractivity contribution >= 4 is 22.9 Å². The molecule has 106 valence electrons. The summed E-state index contributed by atoms with van der Waals surface area (Å²) in [5.74, 6) is -1.43. The molecule has 6 heteroatoms. The lowest BCUT2D eigenvalue weighted by Crippen LogP contribution is -2.29. The lowest BCUT2D eigenvalue weighted by atomic mass is 10.1. The van der Waals surface area contributed by atoms with Crippen molar-refractivity contribution in [3.05, 3.63) is 29.3 Å². The molecule has 0 saturated carbocycles. The Hall–Kier alpha value is -1.27. The van der Waals surface area contributed by atoms with Gasteiger partial charge in [-0.15, -0.1) is 0 Å². The van der Waals surface area contributed by atoms with E-state index in [2.05, 4.69) is 0 Å². The molecular weight excluding hydrogens is 270 g/mol. The summed E-state index contributed by atoms with van der Waals surface area (Å²) in [4.78, 5) is 1.45. The normalized spacial score (nSPS) is 10.5. The topological polar surface area (TPSA) is 49.5 Å². The van der Waals surface area contributed by atoms with E-state index in [-0.39, 0.29) is 29.4 Å². The molecule has 0 bridgehead atoms. The number of aliphatic hydroxyl groups is 1. The summed E-state index contributed by atoms with van der Waals surface area (Å²) in [6.07, 6.45) is 1.69. The van der Waals surface area contributed by atoms with Gasteiger partial charge in [0.2, 0.25) is 0 Å². The fourth-order valence-electron chi connectivity index (χ4n) is 1.81. The molecule has 0 spiro atoms. The highest BCUT2D eigenvalue weighted by molar-refractivity contribution is 7.80. The van der Waals surface area contributed by atoms with Gasteiger partial charge in [0.1, 0.15) is 22.3 Å². The van der Waals surface area contributed by atoms with E-state index in [1.807, 2.05) is 6.92 Å². The number of aliphatic hydroxyl groups excluding tert-OH is 1. The van der Waals surface area contributed by atoms with E-state index in [1.165, 1.54) is 4.90 Å². The highest BCUT2D eigenvalue weighted by Gasteiger charge is 2.18. The van der Waals surface area contributed by atoms with Crippen LogP contribution in [0.2, 0.25) is 0 Å². The second kappa shape index (κ2) is 7.35. The van der Waals surface area contributed by atoms with E-state index in [9.17, 15) is 8.78 Å². The molecule has 1 rings (SSSR count). The molecule has 0 atom stereocenters. The fraction of sp³-hybridized carbons (Fsp3) is 0.462. The van der Waals surface area contributed by atoms with Crippen molar-refractivity contribution in [2.24, 2.45) is 5.73 Å². The molecule has 1 aromatic rings. The van der Waals surface area contributed by atoms with Crippen molar-refractivity contribution < 1.29 is 13.9 Å². The molecule has 0 radical (unpaired) electrons. The Labute approximate surface area is 117 Å². The van der Waals surface area contributed by atoms with Crippen LogP contribution in [0.3, 0.4) is 0 Å². The number of benzene rings is 1. The first kappa shape index (κ1) is 15.8. The van der Waals surface area contributed by atoms with E-state index in [1.54, 1.807) is 0 Å². The van der Waals surface area contributed by atoms with Gasteiger partial charge >= 0.3 is 0 Å². The van der Waals surface area contributed by atoms with Crippen LogP contribution in [0, 0.1) is 11.6 Å². The molecule has 0 heterocycles. The van der Waals surface area contributed by atoms with Gasteiger partial charge in [-0.3, -0.25) is 0 Å². The molecule has 0 aliphatic rings. The molecule has 0 aromatic heterocycles. The van der Waals surface area contributed by atoms with Gasteiger partial charge in [0.05, 0.1) is 6.61 Å². The number of nitrogens with two attached hydrogens (primary N) is 1. The lowest BCUT2D eigenvalue weighted by molar-refractivity contribution is 0.300. The minimum Gasteiger partial charge on any atom is -0.395 e. The first-order valence-corrected chi connectivity index (χ1v) is 6.56. The van der Waals surface area contributed by atoms with Gasteiger partial charge in [-0.2, -0.15) is 0 Å². The van der Waals surface area contributed by atoms with Crippen molar-refractivity contribution in [3.63, 3.8) is 0 Å². The van der Waals surface area contributed by atoms with E-state index in [0.29, 0.717) is 6.54 Å². The van der Waals surface area contributed by atoms with Crippen LogP contribution in [0.15, 0.2) is 12.1 Å². The average Bonchev–Trinajstić information content (AvgIpc) is 2.34. The monoisotopic (exact) mass is 288 g/mol. The molecule has 0 aliphatic heterocycles. The van der Waals surface area contributed by atoms with Crippen molar-refractivity contribution in [3.8, 4) is 0 Å². The van der Waals surface area contributed by atoms with Gasteiger partial charge < -0.3 is 15.7 Å². The van der Waals surface area contributed by atoms with E-state index < -0.39 is 11.6 Å². The summed E-state index contributed by atoms with van der Waals surface area (Å²) in [5.41, 5.74) is 5.38. The predicted molar refractivity (Wildman–Crippen MR) is 76.5 cm³/mol. The van der Waals surface area contributed by atoms with Gasteiger partial charge in [0.25, 0.3) is 0 Å². The Kier molecular flexibility index (Phi) is 6.11. The van der Waals surface area contributed by atoms with Crippen LogP contribution in [0.4, 0.5) is 14.5 Å². The molecule has 0 unspecified atom stereocenters. The summed E-state index contributed by atoms with van der Waals surface area (Å²) in [7, 11) is 0. The lowest BCUT2D eigenvalue weighted by Gasteiger charge is -2.25. The quantitative estimate of drug-likeness (QED) is 0.755. The predicted octanol–water partition coefficient (Wildman–Crippen LogP) is 2.20. The number of rotatable bonds is 7. The maximum Gasteiger partial charge on any atom is 0.150 e. The molecule has 1 aromatic carbocycles. The maximum atomic E-state index is 14.0. The Balaban J connectivity index is 3.11. The van der Waals surface area contributed by atoms with Crippen LogP contribution in [0.25, 0.3) is 0 Å². The highest BCUT2D eigenvalue weighted by Crippen LogP contribution is 2.25. The van der Waals surface area contributed by atoms with Gasteiger partial charge in [0, 0.05) is 18.7 Å². The zero-order valence-electron chi connectivity index (χ0n) is 10.8. The summed E-state index contributed by atoms with van der Waals surface area (Å²) < 4.78 is 28.0. The van der Waals surface area contributed by atoms with Gasteiger partial charge in [-0.1, -0.05) is 25.6 Å². The van der Waals surface area contributed by atoms with E-state index in [4.69, 9.17) is 23.1 Å². The zero-order valence-corrected chi connectivity index (χ0v) is 11.6. The fourth-order valence-corrected chi connectivity index (χ4v) is 1.93. The third-order valence-electron chi connectivity index (χ3n) is 2.77. The summed E-state index contributed by atoms with van der Waals surface area (Å²) in [6.45, 7) is 2.48. The van der Waals surface area contributed by atoms with E-state index in [0.717, 1.165) is 25.0 Å². The summed E-state index contributed by atoms with van der Waals surface area (Å²) in [6, 6.07) is 2.24. The average molecular weight is 288 g/mol. The molecule has 0 saturated heterocycles. The third kappa shape index (κ3) is 4.11. The van der Waals surface area contributed by atoms with Crippen LogP contribution >= 0.6 is 12.2 Å². The Morgan fingerprint density at radius 1 is 1.32 bits per heavy atom. The number of hydrogen-bond donors (Lipinski definition) is 2. The van der Waals surface area contributed by atoms with Gasteiger partial charge in [-0.05, 0) is 18.6 Å². The number of nitrogens with zero attached hydrogens (tertiary/aromatic N) is 1. The Bertz CT molecular complexity index is 431. The SMILES string of the molecule is CCCCN(CCO)c1c(F)cc(C(N)=S)cc1F. The standard InChI is InChI=1S/C13H18F2N2OS/c1-2-3-4-17(5-6-18)12-10(14)7-9(13(16)19)8-11(12)15/h7-8,18H,2-6H2,1H3,(H2,16,19). The van der Waals surface area contributed by atoms with Crippen LogP contribution < -0.4 is 10.6 Å². The number of unbranched alkanes of at least 4 members (excludes halogenated alkanes) is 1. The first-order chi connectivity index (χ1) is 9.01. The summed E-state index contributed by atoms with van der Waals surface area (Å²) >= 11 is 4.70.